The van der Waals surface area contributed by atoms with Crippen LogP contribution in [0.4, 0.5) is 5.82 Å². The Morgan fingerprint density at radius 1 is 1.33 bits per heavy atom. The minimum atomic E-state index is -0.318. The number of aryl methyl sites for hydroxylation is 1. The Bertz CT molecular complexity index is 814. The molecule has 128 valence electrons. The molecule has 0 atom stereocenters. The third-order valence-electron chi connectivity index (χ3n) is 3.22. The number of H-pyrrole nitrogens is 1. The molecule has 0 saturated heterocycles. The number of nitrogens with zero attached hydrogens (tertiary/aromatic N) is 3. The largest absolute Gasteiger partial charge is 0.462 e. The highest BCUT2D eigenvalue weighted by Gasteiger charge is 2.08. The summed E-state index contributed by atoms with van der Waals surface area (Å²) >= 11 is 0. The molecule has 0 aliphatic heterocycles. The van der Waals surface area contributed by atoms with Gasteiger partial charge in [0.05, 0.1) is 23.1 Å². The highest BCUT2D eigenvalue weighted by Crippen LogP contribution is 2.19. The van der Waals surface area contributed by atoms with Gasteiger partial charge in [-0.15, -0.1) is 0 Å². The van der Waals surface area contributed by atoms with Crippen LogP contribution in [0.5, 0.6) is 0 Å². The van der Waals surface area contributed by atoms with E-state index in [0.717, 1.165) is 28.7 Å². The van der Waals surface area contributed by atoms with Gasteiger partial charge in [-0.25, -0.2) is 4.68 Å². The van der Waals surface area contributed by atoms with Crippen molar-refractivity contribution in [3.63, 3.8) is 0 Å². The van der Waals surface area contributed by atoms with Crippen LogP contribution in [0.1, 0.15) is 33.4 Å². The van der Waals surface area contributed by atoms with Crippen LogP contribution in [0.2, 0.25) is 0 Å². The van der Waals surface area contributed by atoms with Crippen molar-refractivity contribution in [2.45, 2.75) is 39.7 Å². The van der Waals surface area contributed by atoms with E-state index in [1.807, 2.05) is 45.0 Å². The number of nitrogens with two attached hydrogens (primary N) is 1. The first-order chi connectivity index (χ1) is 11.3. The zero-order valence-electron chi connectivity index (χ0n) is 14.4. The fourth-order valence-electron chi connectivity index (χ4n) is 2.03. The summed E-state index contributed by atoms with van der Waals surface area (Å²) in [7, 11) is 0. The monoisotopic (exact) mass is 329 g/mol. The summed E-state index contributed by atoms with van der Waals surface area (Å²) in [5, 5.41) is 12.4. The van der Waals surface area contributed by atoms with Crippen LogP contribution in [0.3, 0.4) is 0 Å². The van der Waals surface area contributed by atoms with Crippen molar-refractivity contribution in [3.05, 3.63) is 36.2 Å². The fourth-order valence-corrected chi connectivity index (χ4v) is 2.03. The first kappa shape index (κ1) is 17.5. The number of anilines is 1. The van der Waals surface area contributed by atoms with E-state index in [4.69, 9.17) is 5.73 Å². The summed E-state index contributed by atoms with van der Waals surface area (Å²) in [5.41, 5.74) is 8.59. The number of carbonyl (C=O) groups is 1. The highest BCUT2D eigenvalue weighted by atomic mass is 16.5. The summed E-state index contributed by atoms with van der Waals surface area (Å²) in [5.74, 6) is 0.657. The molecule has 0 bridgehead atoms. The summed E-state index contributed by atoms with van der Waals surface area (Å²) in [6, 6.07) is 7.87. The summed E-state index contributed by atoms with van der Waals surface area (Å²) in [4.78, 5) is 9.60. The number of nitrogens with one attached hydrogen (secondary N) is 1. The SMILES string of the molecule is CC(C)(C)OC=O.CCc1cc(N)n(-c2ccc3[nH]ncc3c2)n1. The number of rotatable bonds is 3. The molecule has 7 nitrogen and oxygen atoms in total. The maximum Gasteiger partial charge on any atom is 0.293 e. The van der Waals surface area contributed by atoms with Crippen molar-refractivity contribution in [3.8, 4) is 5.69 Å². The quantitative estimate of drug-likeness (QED) is 0.720. The predicted octanol–water partition coefficient (Wildman–Crippen LogP) is 2.85. The third-order valence-corrected chi connectivity index (χ3v) is 3.22. The lowest BCUT2D eigenvalue weighted by Crippen LogP contribution is -2.17. The van der Waals surface area contributed by atoms with Gasteiger partial charge in [-0.3, -0.25) is 9.89 Å². The number of aromatic amines is 1. The summed E-state index contributed by atoms with van der Waals surface area (Å²) in [6.45, 7) is 7.98. The molecule has 0 aliphatic rings. The van der Waals surface area contributed by atoms with Crippen molar-refractivity contribution >= 4 is 23.2 Å². The molecule has 3 rings (SSSR count). The molecule has 7 heteroatoms. The average molecular weight is 329 g/mol. The van der Waals surface area contributed by atoms with Crippen molar-refractivity contribution in [2.75, 3.05) is 5.73 Å². The number of hydrogen-bond donors (Lipinski definition) is 2. The second-order valence-electron chi connectivity index (χ2n) is 6.29. The van der Waals surface area contributed by atoms with Gasteiger partial charge in [0, 0.05) is 11.5 Å². The first-order valence-electron chi connectivity index (χ1n) is 7.73. The van der Waals surface area contributed by atoms with Gasteiger partial charge in [-0.2, -0.15) is 10.2 Å². The summed E-state index contributed by atoms with van der Waals surface area (Å²) in [6.07, 6.45) is 2.67. The van der Waals surface area contributed by atoms with Gasteiger partial charge in [0.15, 0.2) is 0 Å². The topological polar surface area (TPSA) is 98.8 Å². The van der Waals surface area contributed by atoms with Gasteiger partial charge < -0.3 is 10.5 Å². The van der Waals surface area contributed by atoms with Crippen molar-refractivity contribution in [2.24, 2.45) is 0 Å². The molecule has 0 amide bonds. The Labute approximate surface area is 140 Å². The standard InChI is InChI=1S/C12H13N5.C5H10O2/c1-2-9-6-12(13)17(16-9)10-3-4-11-8(5-10)7-14-15-11;1-5(2,3)7-4-6/h3-7H,2,13H2,1H3,(H,14,15);4H,1-3H3. The number of ether oxygens (including phenoxy) is 1. The number of carbonyl (C=O) groups excluding carboxylic acids is 1. The van der Waals surface area contributed by atoms with Crippen LogP contribution >= 0.6 is 0 Å². The van der Waals surface area contributed by atoms with E-state index in [-0.39, 0.29) is 5.60 Å². The van der Waals surface area contributed by atoms with Crippen LogP contribution in [0.25, 0.3) is 16.6 Å². The van der Waals surface area contributed by atoms with Gasteiger partial charge in [0.2, 0.25) is 0 Å². The van der Waals surface area contributed by atoms with Crippen molar-refractivity contribution in [1.82, 2.24) is 20.0 Å². The van der Waals surface area contributed by atoms with E-state index in [1.165, 1.54) is 0 Å². The lowest BCUT2D eigenvalue weighted by atomic mass is 10.2. The Morgan fingerprint density at radius 3 is 2.62 bits per heavy atom. The number of benzene rings is 1. The molecule has 24 heavy (non-hydrogen) atoms. The molecule has 0 aliphatic carbocycles. The van der Waals surface area contributed by atoms with Crippen LogP contribution in [0.15, 0.2) is 30.5 Å². The van der Waals surface area contributed by atoms with Gasteiger partial charge >= 0.3 is 0 Å². The van der Waals surface area contributed by atoms with E-state index in [2.05, 4.69) is 27.0 Å². The predicted molar refractivity (Wildman–Crippen MR) is 93.9 cm³/mol. The van der Waals surface area contributed by atoms with E-state index in [1.54, 1.807) is 10.9 Å². The summed E-state index contributed by atoms with van der Waals surface area (Å²) < 4.78 is 6.30. The van der Waals surface area contributed by atoms with Crippen LogP contribution in [-0.2, 0) is 16.0 Å². The number of aromatic nitrogens is 4. The second-order valence-corrected chi connectivity index (χ2v) is 6.29. The molecular formula is C17H23N5O2. The molecule has 0 saturated carbocycles. The smallest absolute Gasteiger partial charge is 0.293 e. The highest BCUT2D eigenvalue weighted by molar-refractivity contribution is 5.80. The van der Waals surface area contributed by atoms with Gasteiger partial charge in [-0.05, 0) is 45.4 Å². The zero-order chi connectivity index (χ0) is 17.7. The van der Waals surface area contributed by atoms with Crippen molar-refractivity contribution in [1.29, 1.82) is 0 Å². The lowest BCUT2D eigenvalue weighted by Gasteiger charge is -2.14. The molecule has 2 heterocycles. The molecule has 3 aromatic rings. The minimum absolute atomic E-state index is 0.318. The zero-order valence-corrected chi connectivity index (χ0v) is 14.4. The Morgan fingerprint density at radius 2 is 2.08 bits per heavy atom. The van der Waals surface area contributed by atoms with Gasteiger partial charge in [0.25, 0.3) is 6.47 Å². The van der Waals surface area contributed by atoms with Gasteiger partial charge in [0.1, 0.15) is 11.4 Å². The van der Waals surface area contributed by atoms with Crippen molar-refractivity contribution < 1.29 is 9.53 Å². The molecule has 0 radical (unpaired) electrons. The average Bonchev–Trinajstić information content (AvgIpc) is 3.11. The molecule has 2 aromatic heterocycles. The fraction of sp³-hybridized carbons (Fsp3) is 0.353. The van der Waals surface area contributed by atoms with E-state index < -0.39 is 0 Å². The molecule has 0 fully saturated rings. The first-order valence-corrected chi connectivity index (χ1v) is 7.73. The maximum atomic E-state index is 9.60. The third kappa shape index (κ3) is 4.34. The van der Waals surface area contributed by atoms with Crippen LogP contribution in [0, 0.1) is 0 Å². The van der Waals surface area contributed by atoms with Crippen LogP contribution in [-0.4, -0.2) is 32.1 Å². The molecule has 1 aromatic carbocycles. The lowest BCUT2D eigenvalue weighted by molar-refractivity contribution is -0.138. The Balaban J connectivity index is 0.000000256. The minimum Gasteiger partial charge on any atom is -0.462 e. The number of nitrogen functional groups attached to an aromatic ring is 1. The number of hydrogen-bond acceptors (Lipinski definition) is 5. The second kappa shape index (κ2) is 7.16. The Hall–Kier alpha value is -2.83. The maximum absolute atomic E-state index is 9.60. The molecule has 3 N–H and O–H groups in total. The van der Waals surface area contributed by atoms with Gasteiger partial charge in [-0.1, -0.05) is 6.92 Å². The molecule has 0 unspecified atom stereocenters. The normalized spacial score (nSPS) is 11.0. The van der Waals surface area contributed by atoms with E-state index in [0.29, 0.717) is 12.3 Å². The number of fused-ring (bicyclic) bond motifs is 1. The van der Waals surface area contributed by atoms with E-state index >= 15 is 0 Å². The molecular weight excluding hydrogens is 306 g/mol. The molecule has 0 spiro atoms. The Kier molecular flexibility index (Phi) is 5.23. The van der Waals surface area contributed by atoms with E-state index in [9.17, 15) is 4.79 Å². The van der Waals surface area contributed by atoms with Crippen LogP contribution < -0.4 is 5.73 Å².